The van der Waals surface area contributed by atoms with Crippen LogP contribution in [0.1, 0.15) is 45.7 Å². The lowest BCUT2D eigenvalue weighted by molar-refractivity contribution is 0.269. The number of allylic oxidation sites excluding steroid dienone is 3. The second-order valence-corrected chi connectivity index (χ2v) is 11.1. The molecule has 178 valence electrons. The lowest BCUT2D eigenvalue weighted by Crippen LogP contribution is -2.40. The standard InChI is InChI=1S/C31H33N3O/c1-21-24(30(2,3)22-14-8-6-9-15-22)20-27(34-32-25-18-12-13-19-26(25)33(32)34)29(35)28(21)31(4,5)23-16-10-7-11-17-23/h6-21,24,35H,1-5H3. The summed E-state index contributed by atoms with van der Waals surface area (Å²) in [7, 11) is 0. The molecule has 0 fully saturated rings. The first-order valence-corrected chi connectivity index (χ1v) is 12.5. The number of hydrogen-bond acceptors (Lipinski definition) is 1. The molecule has 35 heavy (non-hydrogen) atoms. The Morgan fingerprint density at radius 2 is 1.17 bits per heavy atom. The van der Waals surface area contributed by atoms with Crippen LogP contribution in [0, 0.1) is 11.8 Å². The average Bonchev–Trinajstić information content (AvgIpc) is 3.52. The van der Waals surface area contributed by atoms with Crippen LogP contribution in [0.4, 0.5) is 0 Å². The molecule has 4 nitrogen and oxygen atoms in total. The molecule has 2 aromatic heterocycles. The molecule has 5 aromatic rings. The average molecular weight is 464 g/mol. The molecule has 2 atom stereocenters. The monoisotopic (exact) mass is 463 g/mol. The number of benzene rings is 3. The van der Waals surface area contributed by atoms with E-state index in [4.69, 9.17) is 0 Å². The summed E-state index contributed by atoms with van der Waals surface area (Å²) in [6.07, 6.45) is 2.30. The van der Waals surface area contributed by atoms with Crippen molar-refractivity contribution < 1.29 is 5.11 Å². The van der Waals surface area contributed by atoms with Crippen molar-refractivity contribution in [1.29, 1.82) is 0 Å². The van der Waals surface area contributed by atoms with Gasteiger partial charge >= 0.3 is 0 Å². The topological polar surface area (TPSA) is 34.0 Å². The van der Waals surface area contributed by atoms with Gasteiger partial charge in [0.05, 0.1) is 0 Å². The van der Waals surface area contributed by atoms with Crippen LogP contribution in [0.25, 0.3) is 16.7 Å². The third-order valence-corrected chi connectivity index (χ3v) is 8.39. The van der Waals surface area contributed by atoms with Crippen molar-refractivity contribution in [3.8, 4) is 0 Å². The van der Waals surface area contributed by atoms with E-state index in [0.29, 0.717) is 5.76 Å². The zero-order valence-corrected chi connectivity index (χ0v) is 21.1. The van der Waals surface area contributed by atoms with Crippen LogP contribution >= 0.6 is 0 Å². The van der Waals surface area contributed by atoms with E-state index in [1.54, 1.807) is 0 Å². The van der Waals surface area contributed by atoms with Gasteiger partial charge in [-0.25, -0.2) is 0 Å². The van der Waals surface area contributed by atoms with Crippen molar-refractivity contribution in [2.45, 2.75) is 45.4 Å². The summed E-state index contributed by atoms with van der Waals surface area (Å²) in [6.45, 7) is 11.4. The van der Waals surface area contributed by atoms with Crippen molar-refractivity contribution in [3.63, 3.8) is 0 Å². The van der Waals surface area contributed by atoms with Gasteiger partial charge in [-0.2, -0.15) is 0 Å². The van der Waals surface area contributed by atoms with Crippen LogP contribution in [-0.4, -0.2) is 19.2 Å². The molecule has 1 aliphatic rings. The normalized spacial score (nSPS) is 19.7. The molecule has 0 saturated heterocycles. The molecular weight excluding hydrogens is 430 g/mol. The SMILES string of the molecule is CC1C(C(C)(C)c2ccccc2)=C(O)C(n2n3c4ccccc4n23)=CC1C(C)(C)c1ccccc1. The Kier molecular flexibility index (Phi) is 4.63. The summed E-state index contributed by atoms with van der Waals surface area (Å²) in [4.78, 5) is 2.11. The van der Waals surface area contributed by atoms with E-state index in [0.717, 1.165) is 11.3 Å². The first kappa shape index (κ1) is 21.8. The predicted molar refractivity (Wildman–Crippen MR) is 143 cm³/mol. The van der Waals surface area contributed by atoms with Gasteiger partial charge in [-0.05, 0) is 52.2 Å². The predicted octanol–water partition coefficient (Wildman–Crippen LogP) is 7.31. The van der Waals surface area contributed by atoms with Crippen molar-refractivity contribution in [1.82, 2.24) is 14.1 Å². The highest BCUT2D eigenvalue weighted by Gasteiger charge is 2.46. The van der Waals surface area contributed by atoms with E-state index in [1.807, 2.05) is 0 Å². The molecule has 3 aromatic carbocycles. The number of aliphatic hydroxyl groups excluding tert-OH is 1. The Morgan fingerprint density at radius 1 is 0.686 bits per heavy atom. The van der Waals surface area contributed by atoms with Crippen molar-refractivity contribution in [3.05, 3.63) is 113 Å². The minimum Gasteiger partial charge on any atom is -0.506 e. The molecule has 2 unspecified atom stereocenters. The number of nitrogens with zero attached hydrogens (tertiary/aromatic N) is 3. The van der Waals surface area contributed by atoms with Gasteiger partial charge in [0.2, 0.25) is 0 Å². The highest BCUT2D eigenvalue weighted by atomic mass is 16.3. The number of fused-ring (bicyclic) bond motifs is 4. The molecule has 2 heterocycles. The molecule has 1 aliphatic carbocycles. The molecule has 6 rings (SSSR count). The zero-order chi connectivity index (χ0) is 24.5. The van der Waals surface area contributed by atoms with Crippen LogP contribution in [-0.2, 0) is 10.8 Å². The van der Waals surface area contributed by atoms with Crippen LogP contribution in [0.5, 0.6) is 0 Å². The van der Waals surface area contributed by atoms with Gasteiger partial charge in [0, 0.05) is 5.41 Å². The van der Waals surface area contributed by atoms with Gasteiger partial charge in [-0.1, -0.05) is 107 Å². The van der Waals surface area contributed by atoms with E-state index >= 15 is 0 Å². The first-order chi connectivity index (χ1) is 16.7. The number of rotatable bonds is 5. The number of para-hydroxylation sites is 2. The van der Waals surface area contributed by atoms with Gasteiger partial charge in [-0.3, -0.25) is 0 Å². The van der Waals surface area contributed by atoms with Gasteiger partial charge in [0.1, 0.15) is 22.5 Å². The number of aliphatic hydroxyl groups is 1. The fraction of sp³-hybridized carbons (Fsp3) is 0.290. The van der Waals surface area contributed by atoms with Crippen LogP contribution in [0.15, 0.2) is 102 Å². The van der Waals surface area contributed by atoms with Crippen LogP contribution in [0.3, 0.4) is 0 Å². The molecule has 0 aliphatic heterocycles. The molecule has 0 saturated carbocycles. The Balaban J connectivity index is 1.56. The molecule has 0 spiro atoms. The van der Waals surface area contributed by atoms with E-state index < -0.39 is 0 Å². The maximum Gasteiger partial charge on any atom is 0.143 e. The summed E-state index contributed by atoms with van der Waals surface area (Å²) in [6, 6.07) is 29.7. The Morgan fingerprint density at radius 3 is 1.71 bits per heavy atom. The Labute approximate surface area is 206 Å². The van der Waals surface area contributed by atoms with E-state index in [1.165, 1.54) is 22.2 Å². The van der Waals surface area contributed by atoms with Gasteiger partial charge in [-0.15, -0.1) is 14.1 Å². The molecule has 1 N–H and O–H groups in total. The smallest absolute Gasteiger partial charge is 0.143 e. The number of aromatic nitrogens is 3. The summed E-state index contributed by atoms with van der Waals surface area (Å²) < 4.78 is 4.26. The fourth-order valence-corrected chi connectivity index (χ4v) is 6.35. The summed E-state index contributed by atoms with van der Waals surface area (Å²) >= 11 is 0. The van der Waals surface area contributed by atoms with Crippen LogP contribution < -0.4 is 0 Å². The lowest BCUT2D eigenvalue weighted by Gasteiger charge is -2.44. The van der Waals surface area contributed by atoms with Crippen molar-refractivity contribution >= 4 is 16.7 Å². The summed E-state index contributed by atoms with van der Waals surface area (Å²) in [5, 5.41) is 11.9. The third kappa shape index (κ3) is 3.05. The fourth-order valence-electron chi connectivity index (χ4n) is 6.35. The second-order valence-electron chi connectivity index (χ2n) is 11.1. The first-order valence-electron chi connectivity index (χ1n) is 12.5. The summed E-state index contributed by atoms with van der Waals surface area (Å²) in [5.41, 5.74) is 6.36. The van der Waals surface area contributed by atoms with Gasteiger partial charge in [0.15, 0.2) is 0 Å². The Bertz CT molecular complexity index is 1510. The maximum absolute atomic E-state index is 11.9. The maximum atomic E-state index is 11.9. The van der Waals surface area contributed by atoms with Gasteiger partial charge < -0.3 is 5.11 Å². The minimum atomic E-state index is -0.331. The van der Waals surface area contributed by atoms with Crippen molar-refractivity contribution in [2.75, 3.05) is 0 Å². The lowest BCUT2D eigenvalue weighted by atomic mass is 9.59. The van der Waals surface area contributed by atoms with E-state index in [2.05, 4.69) is 140 Å². The molecule has 0 amide bonds. The molecule has 4 heteroatoms. The summed E-state index contributed by atoms with van der Waals surface area (Å²) in [5.74, 6) is 0.736. The van der Waals surface area contributed by atoms with Crippen LogP contribution in [0.2, 0.25) is 0 Å². The second kappa shape index (κ2) is 7.42. The quantitative estimate of drug-likeness (QED) is 0.291. The zero-order valence-electron chi connectivity index (χ0n) is 21.1. The highest BCUT2D eigenvalue weighted by molar-refractivity contribution is 5.81. The van der Waals surface area contributed by atoms with E-state index in [9.17, 15) is 5.11 Å². The van der Waals surface area contributed by atoms with Gasteiger partial charge in [0.25, 0.3) is 0 Å². The third-order valence-electron chi connectivity index (χ3n) is 8.39. The number of hydrogen-bond donors (Lipinski definition) is 1. The molecule has 0 radical (unpaired) electrons. The van der Waals surface area contributed by atoms with Crippen molar-refractivity contribution in [2.24, 2.45) is 11.8 Å². The Hall–Kier alpha value is -3.66. The molecular formula is C31H33N3O. The molecule has 0 bridgehead atoms. The van der Waals surface area contributed by atoms with E-state index in [-0.39, 0.29) is 22.7 Å². The minimum absolute atomic E-state index is 0.128. The largest absolute Gasteiger partial charge is 0.506 e. The highest BCUT2D eigenvalue weighted by Crippen LogP contribution is 2.51.